The molecule has 0 amide bonds. The van der Waals surface area contributed by atoms with Crippen LogP contribution in [-0.2, 0) is 6.18 Å². The van der Waals surface area contributed by atoms with E-state index in [4.69, 9.17) is 14.5 Å². The Morgan fingerprint density at radius 3 is 2.42 bits per heavy atom. The molecule has 132 valence electrons. The van der Waals surface area contributed by atoms with Crippen LogP contribution in [0.15, 0.2) is 47.0 Å². The normalized spacial score (nSPS) is 11.2. The molecule has 0 aliphatic rings. The predicted molar refractivity (Wildman–Crippen MR) is 87.6 cm³/mol. The summed E-state index contributed by atoms with van der Waals surface area (Å²) in [4.78, 5) is 0. The molecule has 4 nitrogen and oxygen atoms in total. The number of benzene rings is 2. The van der Waals surface area contributed by atoms with E-state index < -0.39 is 17.3 Å². The zero-order valence-electron chi connectivity index (χ0n) is 13.9. The molecule has 3 rings (SSSR count). The second-order valence-corrected chi connectivity index (χ2v) is 5.65. The number of hydrogen-bond donors (Lipinski definition) is 0. The van der Waals surface area contributed by atoms with E-state index in [1.54, 1.807) is 38.1 Å². The summed E-state index contributed by atoms with van der Waals surface area (Å²) >= 11 is 0. The maximum atomic E-state index is 13.1. The number of hydrogen-bond acceptors (Lipinski definition) is 4. The van der Waals surface area contributed by atoms with Gasteiger partial charge in [-0.2, -0.15) is 18.4 Å². The van der Waals surface area contributed by atoms with Gasteiger partial charge in [0.1, 0.15) is 17.3 Å². The highest BCUT2D eigenvalue weighted by Gasteiger charge is 2.34. The third-order valence-corrected chi connectivity index (χ3v) is 3.81. The van der Waals surface area contributed by atoms with Crippen molar-refractivity contribution in [2.24, 2.45) is 0 Å². The minimum Gasteiger partial charge on any atom is -0.457 e. The molecule has 0 fully saturated rings. The van der Waals surface area contributed by atoms with Crippen molar-refractivity contribution in [1.29, 1.82) is 5.26 Å². The highest BCUT2D eigenvalue weighted by atomic mass is 19.4. The lowest BCUT2D eigenvalue weighted by atomic mass is 10.0. The third kappa shape index (κ3) is 3.40. The third-order valence-electron chi connectivity index (χ3n) is 3.81. The summed E-state index contributed by atoms with van der Waals surface area (Å²) in [7, 11) is 0. The SMILES string of the molecule is Cc1noc(C)c1-c1cccc(Oc2ccc(C#N)c(C(F)(F)F)c2)c1. The molecule has 0 radical (unpaired) electrons. The van der Waals surface area contributed by atoms with Crippen LogP contribution in [0, 0.1) is 25.2 Å². The maximum absolute atomic E-state index is 13.1. The first kappa shape index (κ1) is 17.5. The van der Waals surface area contributed by atoms with Crippen LogP contribution in [0.25, 0.3) is 11.1 Å². The molecule has 0 aliphatic carbocycles. The summed E-state index contributed by atoms with van der Waals surface area (Å²) in [6, 6.07) is 11.7. The maximum Gasteiger partial charge on any atom is 0.417 e. The van der Waals surface area contributed by atoms with Crippen molar-refractivity contribution in [3.63, 3.8) is 0 Å². The van der Waals surface area contributed by atoms with Crippen LogP contribution in [-0.4, -0.2) is 5.16 Å². The summed E-state index contributed by atoms with van der Waals surface area (Å²) < 4.78 is 49.9. The minimum absolute atomic E-state index is 0.00719. The minimum atomic E-state index is -4.64. The van der Waals surface area contributed by atoms with Crippen LogP contribution in [0.4, 0.5) is 13.2 Å². The number of aromatic nitrogens is 1. The largest absolute Gasteiger partial charge is 0.457 e. The van der Waals surface area contributed by atoms with E-state index in [1.807, 2.05) is 6.07 Å². The Morgan fingerprint density at radius 1 is 1.08 bits per heavy atom. The molecule has 3 aromatic rings. The molecule has 0 spiro atoms. The van der Waals surface area contributed by atoms with Gasteiger partial charge in [-0.05, 0) is 49.7 Å². The monoisotopic (exact) mass is 358 g/mol. The summed E-state index contributed by atoms with van der Waals surface area (Å²) in [5.74, 6) is 0.991. The topological polar surface area (TPSA) is 59.1 Å². The fourth-order valence-corrected chi connectivity index (χ4v) is 2.67. The van der Waals surface area contributed by atoms with Crippen molar-refractivity contribution in [2.75, 3.05) is 0 Å². The summed E-state index contributed by atoms with van der Waals surface area (Å²) in [5, 5.41) is 12.7. The van der Waals surface area contributed by atoms with E-state index >= 15 is 0 Å². The second-order valence-electron chi connectivity index (χ2n) is 5.65. The van der Waals surface area contributed by atoms with Gasteiger partial charge in [0.05, 0.1) is 22.9 Å². The number of nitrogens with zero attached hydrogens (tertiary/aromatic N) is 2. The van der Waals surface area contributed by atoms with Gasteiger partial charge in [0.25, 0.3) is 0 Å². The van der Waals surface area contributed by atoms with E-state index in [2.05, 4.69) is 5.16 Å². The Labute approximate surface area is 147 Å². The van der Waals surface area contributed by atoms with E-state index in [1.165, 1.54) is 6.07 Å². The molecule has 7 heteroatoms. The standard InChI is InChI=1S/C19H13F3N2O2/c1-11-18(12(2)26-24-11)13-4-3-5-15(8-13)25-16-7-6-14(10-23)17(9-16)19(20,21)22/h3-9H,1-2H3. The zero-order chi connectivity index (χ0) is 18.9. The van der Waals surface area contributed by atoms with E-state index in [0.29, 0.717) is 17.2 Å². The van der Waals surface area contributed by atoms with Crippen LogP contribution in [0.1, 0.15) is 22.6 Å². The van der Waals surface area contributed by atoms with Crippen LogP contribution in [0.5, 0.6) is 11.5 Å². The van der Waals surface area contributed by atoms with Crippen LogP contribution < -0.4 is 4.74 Å². The molecular weight excluding hydrogens is 345 g/mol. The molecule has 1 aromatic heterocycles. The van der Waals surface area contributed by atoms with Gasteiger partial charge < -0.3 is 9.26 Å². The molecule has 1 heterocycles. The highest BCUT2D eigenvalue weighted by Crippen LogP contribution is 2.36. The van der Waals surface area contributed by atoms with E-state index in [9.17, 15) is 13.2 Å². The lowest BCUT2D eigenvalue weighted by molar-refractivity contribution is -0.137. The number of alkyl halides is 3. The van der Waals surface area contributed by atoms with Gasteiger partial charge in [-0.15, -0.1) is 0 Å². The molecule has 0 bridgehead atoms. The van der Waals surface area contributed by atoms with Crippen LogP contribution in [0.3, 0.4) is 0 Å². The first-order valence-corrected chi connectivity index (χ1v) is 7.62. The Morgan fingerprint density at radius 2 is 1.81 bits per heavy atom. The van der Waals surface area contributed by atoms with E-state index in [-0.39, 0.29) is 5.75 Å². The van der Waals surface area contributed by atoms with Crippen molar-refractivity contribution in [1.82, 2.24) is 5.16 Å². The number of rotatable bonds is 3. The summed E-state index contributed by atoms with van der Waals surface area (Å²) in [6.07, 6.45) is -4.64. The van der Waals surface area contributed by atoms with Crippen molar-refractivity contribution in [3.8, 4) is 28.7 Å². The fraction of sp³-hybridized carbons (Fsp3) is 0.158. The predicted octanol–water partition coefficient (Wildman–Crippen LogP) is 5.64. The number of nitriles is 1. The number of aryl methyl sites for hydroxylation is 2. The zero-order valence-corrected chi connectivity index (χ0v) is 13.9. The first-order valence-electron chi connectivity index (χ1n) is 7.62. The van der Waals surface area contributed by atoms with Crippen LogP contribution in [0.2, 0.25) is 0 Å². The van der Waals surface area contributed by atoms with Gasteiger partial charge in [-0.1, -0.05) is 17.3 Å². The molecule has 2 aromatic carbocycles. The Balaban J connectivity index is 1.96. The van der Waals surface area contributed by atoms with Crippen molar-refractivity contribution in [2.45, 2.75) is 20.0 Å². The molecule has 26 heavy (non-hydrogen) atoms. The van der Waals surface area contributed by atoms with Gasteiger partial charge in [0.2, 0.25) is 0 Å². The average Bonchev–Trinajstić information content (AvgIpc) is 2.93. The number of ether oxygens (including phenoxy) is 1. The lowest BCUT2D eigenvalue weighted by Crippen LogP contribution is -2.07. The van der Waals surface area contributed by atoms with E-state index in [0.717, 1.165) is 23.3 Å². The van der Waals surface area contributed by atoms with Crippen molar-refractivity contribution < 1.29 is 22.4 Å². The fourth-order valence-electron chi connectivity index (χ4n) is 2.67. The van der Waals surface area contributed by atoms with Crippen molar-refractivity contribution >= 4 is 0 Å². The molecule has 0 aliphatic heterocycles. The Bertz CT molecular complexity index is 981. The highest BCUT2D eigenvalue weighted by molar-refractivity contribution is 5.69. The smallest absolute Gasteiger partial charge is 0.417 e. The summed E-state index contributed by atoms with van der Waals surface area (Å²) in [6.45, 7) is 3.58. The van der Waals surface area contributed by atoms with Crippen molar-refractivity contribution in [3.05, 3.63) is 65.0 Å². The van der Waals surface area contributed by atoms with Gasteiger partial charge in [-0.3, -0.25) is 0 Å². The molecule has 0 saturated carbocycles. The average molecular weight is 358 g/mol. The van der Waals surface area contributed by atoms with Gasteiger partial charge in [0.15, 0.2) is 0 Å². The van der Waals surface area contributed by atoms with Gasteiger partial charge in [0, 0.05) is 5.56 Å². The lowest BCUT2D eigenvalue weighted by Gasteiger charge is -2.12. The molecule has 0 N–H and O–H groups in total. The molecular formula is C19H13F3N2O2. The summed E-state index contributed by atoms with van der Waals surface area (Å²) in [5.41, 5.74) is 0.820. The van der Waals surface area contributed by atoms with Gasteiger partial charge in [-0.25, -0.2) is 0 Å². The Kier molecular flexibility index (Phi) is 4.43. The molecule has 0 atom stereocenters. The molecule has 0 unspecified atom stereocenters. The first-order chi connectivity index (χ1) is 12.3. The van der Waals surface area contributed by atoms with Gasteiger partial charge >= 0.3 is 6.18 Å². The second kappa shape index (κ2) is 6.56. The van der Waals surface area contributed by atoms with Crippen LogP contribution >= 0.6 is 0 Å². The quantitative estimate of drug-likeness (QED) is 0.608. The molecule has 0 saturated heterocycles. The Hall–Kier alpha value is -3.27. The number of halogens is 3.